The Bertz CT molecular complexity index is 488. The summed E-state index contributed by atoms with van der Waals surface area (Å²) in [4.78, 5) is 17.5. The van der Waals surface area contributed by atoms with Crippen LogP contribution in [0.25, 0.3) is 0 Å². The van der Waals surface area contributed by atoms with E-state index in [1.165, 1.54) is 4.88 Å². The van der Waals surface area contributed by atoms with Gasteiger partial charge in [0.1, 0.15) is 0 Å². The number of amides is 1. The Balaban J connectivity index is 0.00000264. The van der Waals surface area contributed by atoms with Crippen LogP contribution < -0.4 is 16.0 Å². The van der Waals surface area contributed by atoms with Gasteiger partial charge < -0.3 is 16.0 Å². The molecule has 0 bridgehead atoms. The first-order valence-corrected chi connectivity index (χ1v) is 8.92. The fraction of sp³-hybridized carbons (Fsp3) is 0.625. The summed E-state index contributed by atoms with van der Waals surface area (Å²) in [5.41, 5.74) is 0. The van der Waals surface area contributed by atoms with Crippen LogP contribution in [0, 0.1) is 5.92 Å². The fourth-order valence-corrected chi connectivity index (χ4v) is 2.87. The third kappa shape index (κ3) is 7.52. The summed E-state index contributed by atoms with van der Waals surface area (Å²) in [5.74, 6) is 1.69. The molecular weight excluding hydrogens is 423 g/mol. The molecule has 0 spiro atoms. The Morgan fingerprint density at radius 3 is 2.70 bits per heavy atom. The van der Waals surface area contributed by atoms with Crippen molar-refractivity contribution in [3.63, 3.8) is 0 Å². The lowest BCUT2D eigenvalue weighted by atomic mass is 10.1. The van der Waals surface area contributed by atoms with Gasteiger partial charge in [-0.3, -0.25) is 9.79 Å². The van der Waals surface area contributed by atoms with Gasteiger partial charge in [-0.05, 0) is 31.2 Å². The van der Waals surface area contributed by atoms with Gasteiger partial charge in [0.15, 0.2) is 5.96 Å². The molecule has 1 fully saturated rings. The zero-order valence-corrected chi connectivity index (χ0v) is 16.9. The lowest BCUT2D eigenvalue weighted by Gasteiger charge is -2.13. The molecule has 1 aromatic rings. The maximum atomic E-state index is 11.5. The Kier molecular flexibility index (Phi) is 9.54. The molecule has 1 heterocycles. The summed E-state index contributed by atoms with van der Waals surface area (Å²) in [6, 6.07) is 4.23. The van der Waals surface area contributed by atoms with Gasteiger partial charge in [-0.1, -0.05) is 13.0 Å². The average Bonchev–Trinajstić information content (AvgIpc) is 3.23. The van der Waals surface area contributed by atoms with Crippen LogP contribution in [0.1, 0.15) is 37.5 Å². The summed E-state index contributed by atoms with van der Waals surface area (Å²) in [6.45, 7) is 7.15. The highest BCUT2D eigenvalue weighted by molar-refractivity contribution is 14.0. The molecule has 0 aromatic carbocycles. The average molecular weight is 450 g/mol. The number of aliphatic imine (C=N–C) groups is 1. The van der Waals surface area contributed by atoms with Crippen LogP contribution in [0.2, 0.25) is 0 Å². The molecule has 23 heavy (non-hydrogen) atoms. The Hall–Kier alpha value is -0.830. The second kappa shape index (κ2) is 10.9. The second-order valence-corrected chi connectivity index (χ2v) is 6.61. The molecule has 130 valence electrons. The molecule has 3 N–H and O–H groups in total. The minimum Gasteiger partial charge on any atom is -0.357 e. The van der Waals surface area contributed by atoms with E-state index in [2.05, 4.69) is 52.3 Å². The van der Waals surface area contributed by atoms with Gasteiger partial charge in [0, 0.05) is 36.3 Å². The Morgan fingerprint density at radius 2 is 2.09 bits per heavy atom. The van der Waals surface area contributed by atoms with Crippen molar-refractivity contribution >= 4 is 47.2 Å². The van der Waals surface area contributed by atoms with Gasteiger partial charge in [0.25, 0.3) is 0 Å². The van der Waals surface area contributed by atoms with Crippen molar-refractivity contribution < 1.29 is 4.79 Å². The molecule has 1 aliphatic rings. The van der Waals surface area contributed by atoms with E-state index in [0.717, 1.165) is 31.9 Å². The van der Waals surface area contributed by atoms with E-state index < -0.39 is 0 Å². The van der Waals surface area contributed by atoms with Crippen molar-refractivity contribution in [3.05, 3.63) is 22.4 Å². The molecule has 5 nitrogen and oxygen atoms in total. The molecule has 0 aliphatic heterocycles. The smallest absolute Gasteiger partial charge is 0.223 e. The SMILES string of the molecule is CCNC(=NCC(C)c1cccs1)NCCNC(=O)C1CC1.I. The predicted molar refractivity (Wildman–Crippen MR) is 108 cm³/mol. The summed E-state index contributed by atoms with van der Waals surface area (Å²) < 4.78 is 0. The first-order chi connectivity index (χ1) is 10.7. The highest BCUT2D eigenvalue weighted by Crippen LogP contribution is 2.28. The number of nitrogens with one attached hydrogen (secondary N) is 3. The van der Waals surface area contributed by atoms with Crippen molar-refractivity contribution in [3.8, 4) is 0 Å². The van der Waals surface area contributed by atoms with Crippen molar-refractivity contribution in [2.24, 2.45) is 10.9 Å². The van der Waals surface area contributed by atoms with Crippen LogP contribution in [0.4, 0.5) is 0 Å². The number of halogens is 1. The van der Waals surface area contributed by atoms with E-state index in [4.69, 9.17) is 0 Å². The van der Waals surface area contributed by atoms with Crippen molar-refractivity contribution in [1.82, 2.24) is 16.0 Å². The third-order valence-corrected chi connectivity index (χ3v) is 4.67. The summed E-state index contributed by atoms with van der Waals surface area (Å²) in [6.07, 6.45) is 2.09. The highest BCUT2D eigenvalue weighted by Gasteiger charge is 2.28. The molecule has 7 heteroatoms. The van der Waals surface area contributed by atoms with E-state index in [9.17, 15) is 4.79 Å². The van der Waals surface area contributed by atoms with Crippen molar-refractivity contribution in [1.29, 1.82) is 0 Å². The Morgan fingerprint density at radius 1 is 1.35 bits per heavy atom. The standard InChI is InChI=1S/C16H26N4OS.HI/c1-3-17-16(19-9-8-18-15(21)13-6-7-13)20-11-12(2)14-5-4-10-22-14;/h4-5,10,12-13H,3,6-9,11H2,1-2H3,(H,18,21)(H2,17,19,20);1H. The number of hydrogen-bond donors (Lipinski definition) is 3. The first-order valence-electron chi connectivity index (χ1n) is 8.04. The first kappa shape index (κ1) is 20.2. The normalized spacial score (nSPS) is 15.5. The van der Waals surface area contributed by atoms with Crippen LogP contribution in [0.3, 0.4) is 0 Å². The second-order valence-electron chi connectivity index (χ2n) is 5.63. The number of carbonyl (C=O) groups is 1. The predicted octanol–water partition coefficient (Wildman–Crippen LogP) is 2.55. The number of nitrogens with zero attached hydrogens (tertiary/aromatic N) is 1. The Labute approximate surface area is 159 Å². The molecule has 0 radical (unpaired) electrons. The summed E-state index contributed by atoms with van der Waals surface area (Å²) in [5, 5.41) is 11.5. The number of hydrogen-bond acceptors (Lipinski definition) is 3. The van der Waals surface area contributed by atoms with E-state index in [0.29, 0.717) is 19.0 Å². The molecular formula is C16H27IN4OS. The molecule has 1 unspecified atom stereocenters. The number of guanidine groups is 1. The molecule has 1 atom stereocenters. The number of thiophene rings is 1. The molecule has 1 aliphatic carbocycles. The van der Waals surface area contributed by atoms with Crippen LogP contribution >= 0.6 is 35.3 Å². The fourth-order valence-electron chi connectivity index (χ4n) is 2.09. The van der Waals surface area contributed by atoms with Crippen LogP contribution in [-0.4, -0.2) is 38.0 Å². The van der Waals surface area contributed by atoms with Gasteiger partial charge in [-0.2, -0.15) is 0 Å². The van der Waals surface area contributed by atoms with E-state index in [1.54, 1.807) is 11.3 Å². The monoisotopic (exact) mass is 450 g/mol. The van der Waals surface area contributed by atoms with Gasteiger partial charge in [-0.15, -0.1) is 35.3 Å². The number of carbonyl (C=O) groups excluding carboxylic acids is 1. The molecule has 2 rings (SSSR count). The molecule has 1 aromatic heterocycles. The van der Waals surface area contributed by atoms with Gasteiger partial charge in [0.2, 0.25) is 5.91 Å². The van der Waals surface area contributed by atoms with E-state index in [1.807, 2.05) is 0 Å². The minimum atomic E-state index is 0. The van der Waals surface area contributed by atoms with Crippen LogP contribution in [-0.2, 0) is 4.79 Å². The largest absolute Gasteiger partial charge is 0.357 e. The summed E-state index contributed by atoms with van der Waals surface area (Å²) in [7, 11) is 0. The topological polar surface area (TPSA) is 65.5 Å². The van der Waals surface area contributed by atoms with Crippen LogP contribution in [0.5, 0.6) is 0 Å². The highest BCUT2D eigenvalue weighted by atomic mass is 127. The minimum absolute atomic E-state index is 0. The summed E-state index contributed by atoms with van der Waals surface area (Å²) >= 11 is 1.77. The van der Waals surface area contributed by atoms with E-state index in [-0.39, 0.29) is 35.8 Å². The number of rotatable bonds is 8. The van der Waals surface area contributed by atoms with Gasteiger partial charge >= 0.3 is 0 Å². The van der Waals surface area contributed by atoms with Gasteiger partial charge in [-0.25, -0.2) is 0 Å². The quantitative estimate of drug-likeness (QED) is 0.247. The molecule has 1 amide bonds. The lowest BCUT2D eigenvalue weighted by molar-refractivity contribution is -0.122. The van der Waals surface area contributed by atoms with Gasteiger partial charge in [0.05, 0.1) is 6.54 Å². The third-order valence-electron chi connectivity index (χ3n) is 3.56. The molecule has 1 saturated carbocycles. The zero-order chi connectivity index (χ0) is 15.8. The van der Waals surface area contributed by atoms with Crippen LogP contribution in [0.15, 0.2) is 22.5 Å². The van der Waals surface area contributed by atoms with Crippen molar-refractivity contribution in [2.75, 3.05) is 26.2 Å². The maximum Gasteiger partial charge on any atom is 0.223 e. The lowest BCUT2D eigenvalue weighted by Crippen LogP contribution is -2.42. The van der Waals surface area contributed by atoms with E-state index >= 15 is 0 Å². The van der Waals surface area contributed by atoms with Crippen molar-refractivity contribution in [2.45, 2.75) is 32.6 Å². The zero-order valence-electron chi connectivity index (χ0n) is 13.8. The maximum absolute atomic E-state index is 11.5. The molecule has 0 saturated heterocycles.